The van der Waals surface area contributed by atoms with Gasteiger partial charge in [0, 0.05) is 0 Å². The summed E-state index contributed by atoms with van der Waals surface area (Å²) in [5.41, 5.74) is 0. The largest absolute Gasteiger partial charge is 0.470 e. The van der Waals surface area contributed by atoms with E-state index >= 15 is 0 Å². The summed E-state index contributed by atoms with van der Waals surface area (Å²) in [6, 6.07) is 2.90. The number of carbonyl (C=O) groups excluding carboxylic acids is 1. The van der Waals surface area contributed by atoms with E-state index in [1.165, 1.54) is 18.3 Å². The Morgan fingerprint density at radius 2 is 2.28 bits per heavy atom. The number of nitro groups is 1. The zero-order chi connectivity index (χ0) is 13.5. The maximum Gasteiger partial charge on any atom is 0.406 e. The minimum absolute atomic E-state index is 0.0394. The standard InChI is InChI=1S/C11H14N2O5/c1-3-8(11(14)17-4-2)18-9-6-5-7-12-10(9)13(15)16/h5-8H,3-4H2,1-2H3. The fraction of sp³-hybridized carbons (Fsp3) is 0.455. The monoisotopic (exact) mass is 254 g/mol. The molecule has 18 heavy (non-hydrogen) atoms. The van der Waals surface area contributed by atoms with Crippen LogP contribution in [0.1, 0.15) is 20.3 Å². The highest BCUT2D eigenvalue weighted by Gasteiger charge is 2.24. The van der Waals surface area contributed by atoms with Gasteiger partial charge in [-0.25, -0.2) is 4.79 Å². The number of hydrogen-bond acceptors (Lipinski definition) is 6. The summed E-state index contributed by atoms with van der Waals surface area (Å²) < 4.78 is 10.1. The summed E-state index contributed by atoms with van der Waals surface area (Å²) in [7, 11) is 0. The van der Waals surface area contributed by atoms with Crippen molar-refractivity contribution in [2.75, 3.05) is 6.61 Å². The molecule has 1 heterocycles. The quantitative estimate of drug-likeness (QED) is 0.436. The van der Waals surface area contributed by atoms with Gasteiger partial charge in [0.2, 0.25) is 5.75 Å². The summed E-state index contributed by atoms with van der Waals surface area (Å²) in [6.45, 7) is 3.63. The number of esters is 1. The zero-order valence-corrected chi connectivity index (χ0v) is 10.2. The van der Waals surface area contributed by atoms with Crippen molar-refractivity contribution in [3.63, 3.8) is 0 Å². The lowest BCUT2D eigenvalue weighted by Crippen LogP contribution is -2.29. The summed E-state index contributed by atoms with van der Waals surface area (Å²) >= 11 is 0. The molecule has 0 saturated heterocycles. The fourth-order valence-electron chi connectivity index (χ4n) is 1.30. The van der Waals surface area contributed by atoms with Crippen LogP contribution in [-0.4, -0.2) is 28.6 Å². The number of carbonyl (C=O) groups is 1. The van der Waals surface area contributed by atoms with Crippen LogP contribution in [0, 0.1) is 10.1 Å². The van der Waals surface area contributed by atoms with Crippen LogP contribution in [0.3, 0.4) is 0 Å². The molecule has 0 aliphatic rings. The van der Waals surface area contributed by atoms with Gasteiger partial charge in [0.25, 0.3) is 0 Å². The molecule has 0 bridgehead atoms. The molecule has 1 atom stereocenters. The molecule has 0 fully saturated rings. The van der Waals surface area contributed by atoms with Crippen LogP contribution in [0.4, 0.5) is 5.82 Å². The molecule has 1 unspecified atom stereocenters. The van der Waals surface area contributed by atoms with E-state index in [1.807, 2.05) is 0 Å². The van der Waals surface area contributed by atoms with Crippen LogP contribution < -0.4 is 4.74 Å². The van der Waals surface area contributed by atoms with E-state index in [2.05, 4.69) is 4.98 Å². The SMILES string of the molecule is CCOC(=O)C(CC)Oc1cccnc1[N+](=O)[O-]. The third kappa shape index (κ3) is 3.41. The minimum Gasteiger partial charge on any atom is -0.470 e. The average molecular weight is 254 g/mol. The van der Waals surface area contributed by atoms with Crippen molar-refractivity contribution in [2.24, 2.45) is 0 Å². The van der Waals surface area contributed by atoms with Crippen LogP contribution in [-0.2, 0) is 9.53 Å². The maximum absolute atomic E-state index is 11.5. The van der Waals surface area contributed by atoms with E-state index < -0.39 is 22.8 Å². The molecule has 0 aliphatic carbocycles. The van der Waals surface area contributed by atoms with Crippen molar-refractivity contribution in [1.82, 2.24) is 4.98 Å². The Morgan fingerprint density at radius 3 is 2.83 bits per heavy atom. The summed E-state index contributed by atoms with van der Waals surface area (Å²) in [6.07, 6.45) is 0.772. The van der Waals surface area contributed by atoms with Crippen molar-refractivity contribution in [1.29, 1.82) is 0 Å². The first-order chi connectivity index (χ1) is 8.60. The number of aromatic nitrogens is 1. The zero-order valence-electron chi connectivity index (χ0n) is 10.2. The summed E-state index contributed by atoms with van der Waals surface area (Å²) in [5.74, 6) is -0.999. The van der Waals surface area contributed by atoms with Gasteiger partial charge >= 0.3 is 11.8 Å². The van der Waals surface area contributed by atoms with E-state index in [0.717, 1.165) is 0 Å². The van der Waals surface area contributed by atoms with E-state index in [9.17, 15) is 14.9 Å². The van der Waals surface area contributed by atoms with Gasteiger partial charge in [-0.3, -0.25) is 0 Å². The second kappa shape index (κ2) is 6.53. The summed E-state index contributed by atoms with van der Waals surface area (Å²) in [4.78, 5) is 25.2. The van der Waals surface area contributed by atoms with Crippen molar-refractivity contribution in [3.05, 3.63) is 28.4 Å². The number of hydrogen-bond donors (Lipinski definition) is 0. The Bertz CT molecular complexity index is 435. The summed E-state index contributed by atoms with van der Waals surface area (Å²) in [5, 5.41) is 10.7. The average Bonchev–Trinajstić information content (AvgIpc) is 2.36. The van der Waals surface area contributed by atoms with Gasteiger partial charge in [-0.05, 0) is 35.4 Å². The molecule has 0 radical (unpaired) electrons. The van der Waals surface area contributed by atoms with Crippen LogP contribution in [0.15, 0.2) is 18.3 Å². The Labute approximate surface area is 104 Å². The second-order valence-corrected chi connectivity index (χ2v) is 3.35. The van der Waals surface area contributed by atoms with E-state index in [1.54, 1.807) is 13.8 Å². The third-order valence-corrected chi connectivity index (χ3v) is 2.11. The fourth-order valence-corrected chi connectivity index (χ4v) is 1.30. The van der Waals surface area contributed by atoms with Gasteiger partial charge in [0.05, 0.1) is 6.61 Å². The molecule has 1 aromatic rings. The molecule has 0 spiro atoms. The molecule has 0 amide bonds. The lowest BCUT2D eigenvalue weighted by atomic mass is 10.3. The number of ether oxygens (including phenoxy) is 2. The normalized spacial score (nSPS) is 11.7. The predicted octanol–water partition coefficient (Wildman–Crippen LogP) is 1.71. The molecule has 1 rings (SSSR count). The highest BCUT2D eigenvalue weighted by atomic mass is 16.6. The molecule has 0 aliphatic heterocycles. The second-order valence-electron chi connectivity index (χ2n) is 3.35. The van der Waals surface area contributed by atoms with Crippen LogP contribution >= 0.6 is 0 Å². The molecule has 0 aromatic carbocycles. The first-order valence-corrected chi connectivity index (χ1v) is 5.52. The third-order valence-electron chi connectivity index (χ3n) is 2.11. The number of pyridine rings is 1. The molecule has 7 heteroatoms. The topological polar surface area (TPSA) is 91.6 Å². The van der Waals surface area contributed by atoms with Gasteiger partial charge in [-0.15, -0.1) is 0 Å². The smallest absolute Gasteiger partial charge is 0.406 e. The van der Waals surface area contributed by atoms with Crippen LogP contribution in [0.2, 0.25) is 0 Å². The van der Waals surface area contributed by atoms with Gasteiger partial charge in [0.15, 0.2) is 6.10 Å². The molecule has 7 nitrogen and oxygen atoms in total. The van der Waals surface area contributed by atoms with Gasteiger partial charge in [-0.1, -0.05) is 6.92 Å². The van der Waals surface area contributed by atoms with Crippen LogP contribution in [0.5, 0.6) is 5.75 Å². The molecular weight excluding hydrogens is 240 g/mol. The van der Waals surface area contributed by atoms with Gasteiger partial charge in [0.1, 0.15) is 6.20 Å². The minimum atomic E-state index is -0.868. The van der Waals surface area contributed by atoms with Crippen molar-refractivity contribution < 1.29 is 19.2 Å². The molecular formula is C11H14N2O5. The highest BCUT2D eigenvalue weighted by molar-refractivity contribution is 5.75. The Balaban J connectivity index is 2.88. The lowest BCUT2D eigenvalue weighted by molar-refractivity contribution is -0.390. The van der Waals surface area contributed by atoms with E-state index in [-0.39, 0.29) is 12.4 Å². The predicted molar refractivity (Wildman–Crippen MR) is 62.2 cm³/mol. The molecule has 1 aromatic heterocycles. The van der Waals surface area contributed by atoms with E-state index in [0.29, 0.717) is 6.42 Å². The number of rotatable bonds is 6. The lowest BCUT2D eigenvalue weighted by Gasteiger charge is -2.15. The Morgan fingerprint density at radius 1 is 1.56 bits per heavy atom. The first-order valence-electron chi connectivity index (χ1n) is 5.52. The van der Waals surface area contributed by atoms with Crippen molar-refractivity contribution >= 4 is 11.8 Å². The molecule has 0 N–H and O–H groups in total. The number of nitrogens with zero attached hydrogens (tertiary/aromatic N) is 2. The van der Waals surface area contributed by atoms with E-state index in [4.69, 9.17) is 9.47 Å². The Kier molecular flexibility index (Phi) is 5.04. The molecule has 0 saturated carbocycles. The van der Waals surface area contributed by atoms with Crippen molar-refractivity contribution in [3.8, 4) is 5.75 Å². The van der Waals surface area contributed by atoms with Gasteiger partial charge in [-0.2, -0.15) is 0 Å². The maximum atomic E-state index is 11.5. The highest BCUT2D eigenvalue weighted by Crippen LogP contribution is 2.24. The first kappa shape index (κ1) is 13.9. The Hall–Kier alpha value is -2.18. The van der Waals surface area contributed by atoms with Crippen LogP contribution in [0.25, 0.3) is 0 Å². The molecule has 98 valence electrons. The van der Waals surface area contributed by atoms with Gasteiger partial charge < -0.3 is 19.6 Å². The van der Waals surface area contributed by atoms with Crippen molar-refractivity contribution in [2.45, 2.75) is 26.4 Å².